The van der Waals surface area contributed by atoms with Crippen molar-refractivity contribution in [2.45, 2.75) is 44.2 Å². The molecule has 1 aliphatic carbocycles. The standard InChI is InChI=1S/C28H30F3N9O2/c29-17-5-7-19(8-6-17)33-28(41)34-20-11-9-18(10-12-20)32-25-36-26(39-13-15-42-16-14-39)38-27(37-25)40-22-4-2-1-3-21(22)35-24(40)23(30)31/h1-8,18,20,23H,9-16H2,(H2,33,34,41)(H,32,36,37,38)/t18-,20-. The first kappa shape index (κ1) is 27.7. The maximum absolute atomic E-state index is 14.1. The number of anilines is 3. The number of para-hydroxylation sites is 2. The van der Waals surface area contributed by atoms with Crippen LogP contribution in [0.3, 0.4) is 0 Å². The van der Waals surface area contributed by atoms with Crippen molar-refractivity contribution in [1.82, 2.24) is 29.8 Å². The maximum atomic E-state index is 14.1. The first-order valence-corrected chi connectivity index (χ1v) is 13.9. The summed E-state index contributed by atoms with van der Waals surface area (Å²) in [5, 5.41) is 9.06. The summed E-state index contributed by atoms with van der Waals surface area (Å²) < 4.78 is 48.1. The van der Waals surface area contributed by atoms with Gasteiger partial charge in [0.2, 0.25) is 17.8 Å². The van der Waals surface area contributed by atoms with Gasteiger partial charge in [0.05, 0.1) is 24.2 Å². The number of aromatic nitrogens is 5. The molecular weight excluding hydrogens is 551 g/mol. The van der Waals surface area contributed by atoms with Crippen molar-refractivity contribution in [3.8, 4) is 5.95 Å². The average molecular weight is 582 g/mol. The number of imidazole rings is 1. The lowest BCUT2D eigenvalue weighted by molar-refractivity contribution is 0.122. The highest BCUT2D eigenvalue weighted by Gasteiger charge is 2.27. The number of nitrogens with one attached hydrogen (secondary N) is 3. The molecule has 1 saturated carbocycles. The van der Waals surface area contributed by atoms with E-state index in [0.717, 1.165) is 12.8 Å². The number of carbonyl (C=O) groups is 1. The number of benzene rings is 2. The lowest BCUT2D eigenvalue weighted by atomic mass is 9.91. The molecule has 14 heteroatoms. The molecule has 2 aromatic carbocycles. The van der Waals surface area contributed by atoms with Crippen LogP contribution in [0.4, 0.5) is 35.5 Å². The number of rotatable bonds is 7. The number of nitrogens with zero attached hydrogens (tertiary/aromatic N) is 6. The van der Waals surface area contributed by atoms with E-state index in [1.54, 1.807) is 24.3 Å². The molecule has 6 rings (SSSR count). The Balaban J connectivity index is 1.19. The summed E-state index contributed by atoms with van der Waals surface area (Å²) >= 11 is 0. The van der Waals surface area contributed by atoms with Crippen molar-refractivity contribution in [3.63, 3.8) is 0 Å². The van der Waals surface area contributed by atoms with Crippen LogP contribution < -0.4 is 20.9 Å². The molecule has 0 spiro atoms. The van der Waals surface area contributed by atoms with Crippen molar-refractivity contribution < 1.29 is 22.7 Å². The van der Waals surface area contributed by atoms with Gasteiger partial charge < -0.3 is 25.6 Å². The van der Waals surface area contributed by atoms with Gasteiger partial charge >= 0.3 is 6.03 Å². The van der Waals surface area contributed by atoms with Gasteiger partial charge in [-0.2, -0.15) is 15.0 Å². The van der Waals surface area contributed by atoms with Crippen LogP contribution in [0.5, 0.6) is 0 Å². The first-order valence-electron chi connectivity index (χ1n) is 13.9. The van der Waals surface area contributed by atoms with Crippen LogP contribution in [-0.2, 0) is 4.74 Å². The fourth-order valence-electron chi connectivity index (χ4n) is 5.27. The van der Waals surface area contributed by atoms with E-state index >= 15 is 0 Å². The Morgan fingerprint density at radius 3 is 2.31 bits per heavy atom. The summed E-state index contributed by atoms with van der Waals surface area (Å²) in [5.74, 6) is -0.0962. The molecule has 11 nitrogen and oxygen atoms in total. The van der Waals surface area contributed by atoms with Crippen LogP contribution in [0.15, 0.2) is 48.5 Å². The second kappa shape index (κ2) is 12.2. The molecule has 1 saturated heterocycles. The van der Waals surface area contributed by atoms with Crippen LogP contribution in [-0.4, -0.2) is 68.9 Å². The van der Waals surface area contributed by atoms with Crippen molar-refractivity contribution in [1.29, 1.82) is 0 Å². The van der Waals surface area contributed by atoms with Crippen LogP contribution >= 0.6 is 0 Å². The average Bonchev–Trinajstić information content (AvgIpc) is 3.40. The van der Waals surface area contributed by atoms with Gasteiger partial charge in [0.1, 0.15) is 5.82 Å². The quantitative estimate of drug-likeness (QED) is 0.288. The van der Waals surface area contributed by atoms with E-state index < -0.39 is 12.2 Å². The molecule has 2 aliphatic rings. The van der Waals surface area contributed by atoms with E-state index in [-0.39, 0.29) is 35.8 Å². The molecule has 3 N–H and O–H groups in total. The third-order valence-corrected chi connectivity index (χ3v) is 7.39. The SMILES string of the molecule is O=C(Nc1ccc(F)cc1)N[C@H]1CC[C@H](Nc2nc(N3CCOCC3)nc(-n3c(C(F)F)nc4ccccc43)n2)CC1. The summed E-state index contributed by atoms with van der Waals surface area (Å²) in [5.41, 5.74) is 1.40. The summed E-state index contributed by atoms with van der Waals surface area (Å²) in [6, 6.07) is 12.1. The third-order valence-electron chi connectivity index (χ3n) is 7.39. The van der Waals surface area contributed by atoms with Gasteiger partial charge in [-0.05, 0) is 62.1 Å². The normalized spacial score (nSPS) is 19.2. The highest BCUT2D eigenvalue weighted by atomic mass is 19.3. The minimum Gasteiger partial charge on any atom is -0.378 e. The Bertz CT molecular complexity index is 1540. The third kappa shape index (κ3) is 6.22. The van der Waals surface area contributed by atoms with Crippen LogP contribution in [0.25, 0.3) is 17.0 Å². The number of ether oxygens (including phenoxy) is 1. The molecule has 0 atom stereocenters. The summed E-state index contributed by atoms with van der Waals surface area (Å²) in [6.07, 6.45) is 0.0483. The molecule has 2 amide bonds. The Hall–Kier alpha value is -4.46. The van der Waals surface area contributed by atoms with Gasteiger partial charge in [-0.15, -0.1) is 0 Å². The molecule has 4 aromatic rings. The van der Waals surface area contributed by atoms with Crippen LogP contribution in [0.1, 0.15) is 37.9 Å². The predicted octanol–water partition coefficient (Wildman–Crippen LogP) is 4.67. The molecule has 2 fully saturated rings. The largest absolute Gasteiger partial charge is 0.378 e. The van der Waals surface area contributed by atoms with E-state index in [2.05, 4.69) is 35.9 Å². The zero-order valence-electron chi connectivity index (χ0n) is 22.6. The molecule has 0 radical (unpaired) electrons. The molecule has 2 aromatic heterocycles. The highest BCUT2D eigenvalue weighted by molar-refractivity contribution is 5.89. The molecule has 220 valence electrons. The molecule has 0 unspecified atom stereocenters. The fraction of sp³-hybridized carbons (Fsp3) is 0.393. The van der Waals surface area contributed by atoms with Crippen LogP contribution in [0, 0.1) is 5.82 Å². The van der Waals surface area contributed by atoms with Crippen molar-refractivity contribution >= 4 is 34.6 Å². The number of amides is 2. The molecule has 42 heavy (non-hydrogen) atoms. The lowest BCUT2D eigenvalue weighted by Gasteiger charge is -2.30. The zero-order valence-corrected chi connectivity index (χ0v) is 22.6. The predicted molar refractivity (Wildman–Crippen MR) is 151 cm³/mol. The van der Waals surface area contributed by atoms with Crippen molar-refractivity contribution in [2.75, 3.05) is 41.8 Å². The van der Waals surface area contributed by atoms with Gasteiger partial charge in [-0.25, -0.2) is 22.9 Å². The smallest absolute Gasteiger partial charge is 0.319 e. The molecule has 1 aliphatic heterocycles. The number of carbonyl (C=O) groups excluding carboxylic acids is 1. The Morgan fingerprint density at radius 2 is 1.57 bits per heavy atom. The number of morpholine rings is 1. The van der Waals surface area contributed by atoms with Crippen LogP contribution in [0.2, 0.25) is 0 Å². The summed E-state index contributed by atoms with van der Waals surface area (Å²) in [4.78, 5) is 32.3. The van der Waals surface area contributed by atoms with E-state index in [9.17, 15) is 18.0 Å². The van der Waals surface area contributed by atoms with Crippen molar-refractivity contribution in [3.05, 3.63) is 60.2 Å². The lowest BCUT2D eigenvalue weighted by Crippen LogP contribution is -2.42. The first-order chi connectivity index (χ1) is 20.4. The Kier molecular flexibility index (Phi) is 8.04. The van der Waals surface area contributed by atoms with E-state index in [4.69, 9.17) is 4.74 Å². The highest BCUT2D eigenvalue weighted by Crippen LogP contribution is 2.28. The van der Waals surface area contributed by atoms with E-state index in [1.165, 1.54) is 28.8 Å². The number of fused-ring (bicyclic) bond motifs is 1. The summed E-state index contributed by atoms with van der Waals surface area (Å²) in [6.45, 7) is 2.13. The second-order valence-corrected chi connectivity index (χ2v) is 10.3. The molecule has 0 bridgehead atoms. The number of hydrogen-bond acceptors (Lipinski definition) is 8. The minimum atomic E-state index is -2.83. The zero-order chi connectivity index (χ0) is 29.1. The number of halogens is 3. The van der Waals surface area contributed by atoms with E-state index in [0.29, 0.717) is 61.8 Å². The topological polar surface area (TPSA) is 122 Å². The van der Waals surface area contributed by atoms with Gasteiger partial charge in [0, 0.05) is 30.9 Å². The Labute approximate surface area is 239 Å². The number of urea groups is 1. The molecule has 3 heterocycles. The van der Waals surface area contributed by atoms with Gasteiger partial charge in [-0.3, -0.25) is 4.57 Å². The van der Waals surface area contributed by atoms with Gasteiger partial charge in [0.15, 0.2) is 5.82 Å². The second-order valence-electron chi connectivity index (χ2n) is 10.3. The van der Waals surface area contributed by atoms with E-state index in [1.807, 2.05) is 4.90 Å². The number of hydrogen-bond donors (Lipinski definition) is 3. The fourth-order valence-corrected chi connectivity index (χ4v) is 5.27. The number of alkyl halides is 2. The minimum absolute atomic E-state index is 0.00472. The van der Waals surface area contributed by atoms with Crippen molar-refractivity contribution in [2.24, 2.45) is 0 Å². The van der Waals surface area contributed by atoms with Gasteiger partial charge in [-0.1, -0.05) is 12.1 Å². The Morgan fingerprint density at radius 1 is 0.881 bits per heavy atom. The monoisotopic (exact) mass is 581 g/mol. The summed E-state index contributed by atoms with van der Waals surface area (Å²) in [7, 11) is 0. The maximum Gasteiger partial charge on any atom is 0.319 e. The molecular formula is C28H30F3N9O2. The van der Waals surface area contributed by atoms with Gasteiger partial charge in [0.25, 0.3) is 6.43 Å².